The summed E-state index contributed by atoms with van der Waals surface area (Å²) in [5.74, 6) is 0.236. The molecule has 0 saturated heterocycles. The summed E-state index contributed by atoms with van der Waals surface area (Å²) in [5.41, 5.74) is 6.02. The molecule has 0 unspecified atom stereocenters. The first kappa shape index (κ1) is 13.3. The first-order valence-corrected chi connectivity index (χ1v) is 5.89. The van der Waals surface area contributed by atoms with E-state index in [9.17, 15) is 13.2 Å². The van der Waals surface area contributed by atoms with Gasteiger partial charge in [-0.1, -0.05) is 0 Å². The molecule has 0 saturated carbocycles. The second-order valence-corrected chi connectivity index (χ2v) is 4.48. The molecule has 3 rings (SSSR count). The number of nitrogens with one attached hydrogen (secondary N) is 1. The van der Waals surface area contributed by atoms with Gasteiger partial charge in [0.25, 0.3) is 0 Å². The summed E-state index contributed by atoms with van der Waals surface area (Å²) in [7, 11) is 0. The standard InChI is InChI=1S/C12H9F3N6/c1-5-4-8(16)17-18-9(5)6-2-3-7(12(13,14)15)11-10(6)19-21-20-11/h2-4H,1H3,(H2,16,17)(H,19,20,21). The van der Waals surface area contributed by atoms with Crippen molar-refractivity contribution < 1.29 is 13.2 Å². The van der Waals surface area contributed by atoms with Crippen molar-refractivity contribution in [2.75, 3.05) is 5.73 Å². The van der Waals surface area contributed by atoms with Crippen LogP contribution in [0.5, 0.6) is 0 Å². The minimum atomic E-state index is -4.50. The van der Waals surface area contributed by atoms with E-state index in [1.54, 1.807) is 13.0 Å². The first-order chi connectivity index (χ1) is 9.88. The van der Waals surface area contributed by atoms with Crippen LogP contribution in [-0.2, 0) is 6.18 Å². The Hall–Kier alpha value is -2.71. The number of aromatic amines is 1. The number of benzene rings is 1. The van der Waals surface area contributed by atoms with Gasteiger partial charge in [0.05, 0.1) is 11.3 Å². The fourth-order valence-corrected chi connectivity index (χ4v) is 2.12. The molecule has 21 heavy (non-hydrogen) atoms. The van der Waals surface area contributed by atoms with Crippen LogP contribution in [0.25, 0.3) is 22.3 Å². The van der Waals surface area contributed by atoms with E-state index >= 15 is 0 Å². The highest BCUT2D eigenvalue weighted by Gasteiger charge is 2.34. The Morgan fingerprint density at radius 1 is 1.10 bits per heavy atom. The molecule has 2 heterocycles. The second kappa shape index (κ2) is 4.40. The highest BCUT2D eigenvalue weighted by molar-refractivity contribution is 5.93. The Balaban J connectivity index is 2.28. The molecule has 0 radical (unpaired) electrons. The summed E-state index contributed by atoms with van der Waals surface area (Å²) in [6, 6.07) is 3.85. The summed E-state index contributed by atoms with van der Waals surface area (Å²) >= 11 is 0. The zero-order valence-corrected chi connectivity index (χ0v) is 10.7. The Kier molecular flexibility index (Phi) is 2.78. The molecule has 2 aromatic heterocycles. The average molecular weight is 294 g/mol. The number of aryl methyl sites for hydroxylation is 1. The van der Waals surface area contributed by atoms with Gasteiger partial charge in [-0.3, -0.25) is 0 Å². The van der Waals surface area contributed by atoms with Gasteiger partial charge in [0.1, 0.15) is 16.9 Å². The van der Waals surface area contributed by atoms with Crippen LogP contribution in [0.2, 0.25) is 0 Å². The molecule has 0 atom stereocenters. The lowest BCUT2D eigenvalue weighted by molar-refractivity contribution is -0.136. The Labute approximate surface area is 116 Å². The van der Waals surface area contributed by atoms with Crippen molar-refractivity contribution in [3.63, 3.8) is 0 Å². The number of aromatic nitrogens is 5. The molecule has 9 heteroatoms. The minimum Gasteiger partial charge on any atom is -0.382 e. The molecule has 0 fully saturated rings. The van der Waals surface area contributed by atoms with Crippen molar-refractivity contribution in [3.05, 3.63) is 29.3 Å². The molecule has 0 aliphatic heterocycles. The first-order valence-electron chi connectivity index (χ1n) is 5.89. The number of alkyl halides is 3. The van der Waals surface area contributed by atoms with Crippen LogP contribution in [0.15, 0.2) is 18.2 Å². The van der Waals surface area contributed by atoms with Gasteiger partial charge in [0.2, 0.25) is 0 Å². The topological polar surface area (TPSA) is 93.4 Å². The van der Waals surface area contributed by atoms with E-state index in [2.05, 4.69) is 25.6 Å². The van der Waals surface area contributed by atoms with Gasteiger partial charge in [-0.25, -0.2) is 0 Å². The Morgan fingerprint density at radius 2 is 1.81 bits per heavy atom. The minimum absolute atomic E-state index is 0.0898. The third-order valence-electron chi connectivity index (χ3n) is 3.04. The van der Waals surface area contributed by atoms with E-state index in [0.29, 0.717) is 16.8 Å². The van der Waals surface area contributed by atoms with E-state index in [1.165, 1.54) is 6.07 Å². The summed E-state index contributed by atoms with van der Waals surface area (Å²) in [4.78, 5) is 0. The van der Waals surface area contributed by atoms with E-state index < -0.39 is 11.7 Å². The van der Waals surface area contributed by atoms with Crippen molar-refractivity contribution in [1.82, 2.24) is 25.6 Å². The molecule has 0 aliphatic rings. The number of nitrogen functional groups attached to an aromatic ring is 1. The Bertz CT molecular complexity index is 823. The van der Waals surface area contributed by atoms with Crippen LogP contribution in [0.1, 0.15) is 11.1 Å². The maximum absolute atomic E-state index is 12.9. The monoisotopic (exact) mass is 294 g/mol. The molecule has 0 amide bonds. The number of nitrogens with two attached hydrogens (primary N) is 1. The van der Waals surface area contributed by atoms with Crippen molar-refractivity contribution in [1.29, 1.82) is 0 Å². The normalized spacial score (nSPS) is 12.0. The number of rotatable bonds is 1. The van der Waals surface area contributed by atoms with Crippen LogP contribution in [-0.4, -0.2) is 25.6 Å². The summed E-state index contributed by atoms with van der Waals surface area (Å²) in [6.45, 7) is 1.74. The van der Waals surface area contributed by atoms with Crippen LogP contribution in [0.3, 0.4) is 0 Å². The zero-order chi connectivity index (χ0) is 15.2. The quantitative estimate of drug-likeness (QED) is 0.718. The molecule has 0 bridgehead atoms. The molecule has 1 aromatic carbocycles. The summed E-state index contributed by atoms with van der Waals surface area (Å²) < 4.78 is 38.8. The summed E-state index contributed by atoms with van der Waals surface area (Å²) in [5, 5.41) is 17.3. The predicted molar refractivity (Wildman–Crippen MR) is 69.1 cm³/mol. The van der Waals surface area contributed by atoms with Gasteiger partial charge in [-0.05, 0) is 30.7 Å². The highest BCUT2D eigenvalue weighted by atomic mass is 19.4. The van der Waals surface area contributed by atoms with Gasteiger partial charge in [0, 0.05) is 5.56 Å². The maximum Gasteiger partial charge on any atom is 0.418 e. The van der Waals surface area contributed by atoms with Crippen molar-refractivity contribution in [2.45, 2.75) is 13.1 Å². The fourth-order valence-electron chi connectivity index (χ4n) is 2.12. The third kappa shape index (κ3) is 2.16. The second-order valence-electron chi connectivity index (χ2n) is 4.48. The molecule has 0 spiro atoms. The van der Waals surface area contributed by atoms with Gasteiger partial charge in [0.15, 0.2) is 0 Å². The van der Waals surface area contributed by atoms with Gasteiger partial charge >= 0.3 is 6.18 Å². The number of halogens is 3. The lowest BCUT2D eigenvalue weighted by Gasteiger charge is -2.09. The number of H-pyrrole nitrogens is 1. The van der Waals surface area contributed by atoms with Crippen LogP contribution in [0, 0.1) is 6.92 Å². The molecular formula is C12H9F3N6. The number of fused-ring (bicyclic) bond motifs is 1. The summed E-state index contributed by atoms with van der Waals surface area (Å²) in [6.07, 6.45) is -4.50. The van der Waals surface area contributed by atoms with Crippen molar-refractivity contribution >= 4 is 16.9 Å². The zero-order valence-electron chi connectivity index (χ0n) is 10.7. The van der Waals surface area contributed by atoms with Gasteiger partial charge in [-0.15, -0.1) is 10.2 Å². The molecular weight excluding hydrogens is 285 g/mol. The number of hydrogen-bond acceptors (Lipinski definition) is 5. The van der Waals surface area contributed by atoms with E-state index in [0.717, 1.165) is 6.07 Å². The number of anilines is 1. The van der Waals surface area contributed by atoms with Crippen molar-refractivity contribution in [3.8, 4) is 11.3 Å². The molecule has 108 valence electrons. The molecule has 3 N–H and O–H groups in total. The van der Waals surface area contributed by atoms with Crippen LogP contribution >= 0.6 is 0 Å². The van der Waals surface area contributed by atoms with Crippen LogP contribution in [0.4, 0.5) is 19.0 Å². The van der Waals surface area contributed by atoms with Gasteiger partial charge in [-0.2, -0.15) is 28.6 Å². The van der Waals surface area contributed by atoms with Gasteiger partial charge < -0.3 is 5.73 Å². The number of nitrogens with zero attached hydrogens (tertiary/aromatic N) is 4. The fraction of sp³-hybridized carbons (Fsp3) is 0.167. The van der Waals surface area contributed by atoms with Crippen LogP contribution < -0.4 is 5.73 Å². The maximum atomic E-state index is 12.9. The Morgan fingerprint density at radius 3 is 2.48 bits per heavy atom. The third-order valence-corrected chi connectivity index (χ3v) is 3.04. The van der Waals surface area contributed by atoms with E-state index in [4.69, 9.17) is 5.73 Å². The van der Waals surface area contributed by atoms with E-state index in [1.807, 2.05) is 0 Å². The molecule has 0 aliphatic carbocycles. The number of hydrogen-bond donors (Lipinski definition) is 2. The predicted octanol–water partition coefficient (Wildman–Crippen LogP) is 2.32. The lowest BCUT2D eigenvalue weighted by Crippen LogP contribution is -2.06. The lowest BCUT2D eigenvalue weighted by atomic mass is 10.0. The molecule has 6 nitrogen and oxygen atoms in total. The largest absolute Gasteiger partial charge is 0.418 e. The van der Waals surface area contributed by atoms with Crippen molar-refractivity contribution in [2.24, 2.45) is 0 Å². The SMILES string of the molecule is Cc1cc(N)nnc1-c1ccc(C(F)(F)F)c2n[nH]nc12. The average Bonchev–Trinajstić information content (AvgIpc) is 2.85. The highest BCUT2D eigenvalue weighted by Crippen LogP contribution is 2.37. The molecule has 3 aromatic rings. The smallest absolute Gasteiger partial charge is 0.382 e. The van der Waals surface area contributed by atoms with E-state index in [-0.39, 0.29) is 16.9 Å².